The van der Waals surface area contributed by atoms with Gasteiger partial charge >= 0.3 is 0 Å². The number of aromatic nitrogens is 1. The molecular formula is C20H16ClFN2O. The fourth-order valence-electron chi connectivity index (χ4n) is 2.52. The normalized spacial score (nSPS) is 12.4. The van der Waals surface area contributed by atoms with Gasteiger partial charge in [0.15, 0.2) is 0 Å². The Bertz CT molecular complexity index is 955. The Hall–Kier alpha value is -2.72. The first-order valence-corrected chi connectivity index (χ1v) is 8.20. The molecule has 1 heterocycles. The number of pyridine rings is 1. The Kier molecular flexibility index (Phi) is 5.10. The summed E-state index contributed by atoms with van der Waals surface area (Å²) in [5.74, 6) is -0.737. The second-order valence-corrected chi connectivity index (χ2v) is 6.09. The quantitative estimate of drug-likeness (QED) is 0.676. The zero-order valence-corrected chi connectivity index (χ0v) is 14.3. The summed E-state index contributed by atoms with van der Waals surface area (Å²) in [6.45, 7) is 1.70. The summed E-state index contributed by atoms with van der Waals surface area (Å²) in [5, 5.41) is 4.18. The lowest BCUT2D eigenvalue weighted by molar-refractivity contribution is -0.117. The summed E-state index contributed by atoms with van der Waals surface area (Å²) < 4.78 is 13.8. The van der Waals surface area contributed by atoms with Crippen LogP contribution in [0.4, 0.5) is 4.39 Å². The number of nitrogens with zero attached hydrogens (tertiary/aromatic N) is 1. The molecule has 0 aliphatic heterocycles. The van der Waals surface area contributed by atoms with Crippen molar-refractivity contribution in [3.63, 3.8) is 0 Å². The predicted molar refractivity (Wildman–Crippen MR) is 98.7 cm³/mol. The van der Waals surface area contributed by atoms with Gasteiger partial charge in [-0.15, -0.1) is 0 Å². The molecule has 0 saturated heterocycles. The molecule has 1 N–H and O–H groups in total. The van der Waals surface area contributed by atoms with Gasteiger partial charge in [0.1, 0.15) is 5.82 Å². The SMILES string of the molecule is C[C@@H](NC(=O)/C=C/c1ccc2ccccc2n1)c1cc(Cl)ccc1F. The van der Waals surface area contributed by atoms with Crippen molar-refractivity contribution in [3.05, 3.63) is 82.8 Å². The van der Waals surface area contributed by atoms with Gasteiger partial charge in [0.2, 0.25) is 5.91 Å². The number of carbonyl (C=O) groups is 1. The first-order valence-electron chi connectivity index (χ1n) is 7.82. The first-order chi connectivity index (χ1) is 12.0. The molecule has 3 aromatic rings. The van der Waals surface area contributed by atoms with Crippen molar-refractivity contribution in [1.82, 2.24) is 10.3 Å². The average molecular weight is 355 g/mol. The molecule has 1 amide bonds. The third-order valence-electron chi connectivity index (χ3n) is 3.81. The summed E-state index contributed by atoms with van der Waals surface area (Å²) in [7, 11) is 0. The van der Waals surface area contributed by atoms with Gasteiger partial charge in [0.05, 0.1) is 17.3 Å². The Balaban J connectivity index is 1.70. The number of hydrogen-bond donors (Lipinski definition) is 1. The maximum Gasteiger partial charge on any atom is 0.244 e. The van der Waals surface area contributed by atoms with E-state index in [0.29, 0.717) is 16.3 Å². The molecule has 3 nitrogen and oxygen atoms in total. The van der Waals surface area contributed by atoms with E-state index in [1.807, 2.05) is 36.4 Å². The minimum Gasteiger partial charge on any atom is -0.346 e. The van der Waals surface area contributed by atoms with Crippen molar-refractivity contribution in [1.29, 1.82) is 0 Å². The Morgan fingerprint density at radius 3 is 2.84 bits per heavy atom. The zero-order valence-electron chi connectivity index (χ0n) is 13.5. The summed E-state index contributed by atoms with van der Waals surface area (Å²) in [6, 6.07) is 15.3. The maximum absolute atomic E-state index is 13.8. The highest BCUT2D eigenvalue weighted by molar-refractivity contribution is 6.30. The number of fused-ring (bicyclic) bond motifs is 1. The van der Waals surface area contributed by atoms with Crippen molar-refractivity contribution >= 4 is 34.5 Å². The second-order valence-electron chi connectivity index (χ2n) is 5.66. The lowest BCUT2D eigenvalue weighted by Gasteiger charge is -2.14. The number of benzene rings is 2. The van der Waals surface area contributed by atoms with Gasteiger partial charge in [0.25, 0.3) is 0 Å². The fraction of sp³-hybridized carbons (Fsp3) is 0.100. The monoisotopic (exact) mass is 354 g/mol. The summed E-state index contributed by atoms with van der Waals surface area (Å²) in [5.41, 5.74) is 1.88. The minimum atomic E-state index is -0.500. The third kappa shape index (κ3) is 4.22. The molecule has 5 heteroatoms. The van der Waals surface area contributed by atoms with Crippen LogP contribution >= 0.6 is 11.6 Å². The number of rotatable bonds is 4. The highest BCUT2D eigenvalue weighted by Gasteiger charge is 2.13. The van der Waals surface area contributed by atoms with Gasteiger partial charge in [0, 0.05) is 22.0 Å². The molecule has 0 saturated carbocycles. The van der Waals surface area contributed by atoms with Crippen molar-refractivity contribution in [2.75, 3.05) is 0 Å². The predicted octanol–water partition coefficient (Wildman–Crippen LogP) is 4.92. The van der Waals surface area contributed by atoms with Crippen LogP contribution in [0.1, 0.15) is 24.2 Å². The van der Waals surface area contributed by atoms with Crippen LogP contribution in [0, 0.1) is 5.82 Å². The summed E-state index contributed by atoms with van der Waals surface area (Å²) in [4.78, 5) is 16.5. The molecular weight excluding hydrogens is 339 g/mol. The highest BCUT2D eigenvalue weighted by atomic mass is 35.5. The molecule has 0 aliphatic rings. The van der Waals surface area contributed by atoms with E-state index < -0.39 is 11.9 Å². The van der Waals surface area contributed by atoms with Crippen LogP contribution in [-0.2, 0) is 4.79 Å². The van der Waals surface area contributed by atoms with E-state index in [9.17, 15) is 9.18 Å². The van der Waals surface area contributed by atoms with E-state index in [0.717, 1.165) is 10.9 Å². The van der Waals surface area contributed by atoms with Gasteiger partial charge < -0.3 is 5.32 Å². The van der Waals surface area contributed by atoms with Gasteiger partial charge in [-0.3, -0.25) is 4.79 Å². The summed E-state index contributed by atoms with van der Waals surface area (Å²) >= 11 is 5.88. The summed E-state index contributed by atoms with van der Waals surface area (Å²) in [6.07, 6.45) is 3.01. The highest BCUT2D eigenvalue weighted by Crippen LogP contribution is 2.21. The second kappa shape index (κ2) is 7.45. The molecule has 0 fully saturated rings. The van der Waals surface area contributed by atoms with Gasteiger partial charge in [-0.25, -0.2) is 9.37 Å². The molecule has 1 atom stereocenters. The van der Waals surface area contributed by atoms with Crippen LogP contribution in [-0.4, -0.2) is 10.9 Å². The van der Waals surface area contributed by atoms with Crippen LogP contribution in [0.25, 0.3) is 17.0 Å². The Morgan fingerprint density at radius 1 is 1.20 bits per heavy atom. The van der Waals surface area contributed by atoms with Crippen LogP contribution in [0.2, 0.25) is 5.02 Å². The number of nitrogens with one attached hydrogen (secondary N) is 1. The van der Waals surface area contributed by atoms with Crippen molar-refractivity contribution in [2.24, 2.45) is 0 Å². The van der Waals surface area contributed by atoms with Crippen LogP contribution in [0.3, 0.4) is 0 Å². The number of halogens is 2. The molecule has 0 unspecified atom stereocenters. The Morgan fingerprint density at radius 2 is 2.00 bits per heavy atom. The minimum absolute atomic E-state index is 0.332. The Labute approximate surface area is 150 Å². The third-order valence-corrected chi connectivity index (χ3v) is 4.04. The van der Waals surface area contributed by atoms with Gasteiger partial charge in [-0.2, -0.15) is 0 Å². The van der Waals surface area contributed by atoms with E-state index in [4.69, 9.17) is 11.6 Å². The van der Waals surface area contributed by atoms with E-state index >= 15 is 0 Å². The van der Waals surface area contributed by atoms with Crippen LogP contribution in [0.15, 0.2) is 60.7 Å². The molecule has 2 aromatic carbocycles. The molecule has 1 aromatic heterocycles. The molecule has 0 aliphatic carbocycles. The van der Waals surface area contributed by atoms with Crippen LogP contribution < -0.4 is 5.32 Å². The van der Waals surface area contributed by atoms with Crippen molar-refractivity contribution in [2.45, 2.75) is 13.0 Å². The molecule has 25 heavy (non-hydrogen) atoms. The number of carbonyl (C=O) groups excluding carboxylic acids is 1. The first kappa shape index (κ1) is 17.1. The molecule has 0 radical (unpaired) electrons. The zero-order chi connectivity index (χ0) is 17.8. The van der Waals surface area contributed by atoms with Gasteiger partial charge in [-0.05, 0) is 43.3 Å². The smallest absolute Gasteiger partial charge is 0.244 e. The molecule has 0 bridgehead atoms. The molecule has 126 valence electrons. The average Bonchev–Trinajstić information content (AvgIpc) is 2.61. The van der Waals surface area contributed by atoms with E-state index in [1.54, 1.807) is 13.0 Å². The topological polar surface area (TPSA) is 42.0 Å². The van der Waals surface area contributed by atoms with E-state index in [2.05, 4.69) is 10.3 Å². The van der Waals surface area contributed by atoms with Crippen LogP contribution in [0.5, 0.6) is 0 Å². The number of para-hydroxylation sites is 1. The standard InChI is InChI=1S/C20H16ClFN2O/c1-13(17-12-15(21)7-10-18(17)22)23-20(25)11-9-16-8-6-14-4-2-3-5-19(14)24-16/h2-13H,1H3,(H,23,25)/b11-9+/t13-/m1/s1. The molecule has 0 spiro atoms. The molecule has 3 rings (SSSR count). The van der Waals surface area contributed by atoms with Gasteiger partial charge in [-0.1, -0.05) is 35.9 Å². The van der Waals surface area contributed by atoms with Crippen molar-refractivity contribution in [3.8, 4) is 0 Å². The van der Waals surface area contributed by atoms with E-state index in [-0.39, 0.29) is 5.91 Å². The number of hydrogen-bond acceptors (Lipinski definition) is 2. The fourth-order valence-corrected chi connectivity index (χ4v) is 2.70. The maximum atomic E-state index is 13.8. The number of amides is 1. The lowest BCUT2D eigenvalue weighted by atomic mass is 10.1. The van der Waals surface area contributed by atoms with E-state index in [1.165, 1.54) is 24.3 Å². The largest absolute Gasteiger partial charge is 0.346 e. The van der Waals surface area contributed by atoms with Crippen molar-refractivity contribution < 1.29 is 9.18 Å². The lowest BCUT2D eigenvalue weighted by Crippen LogP contribution is -2.25.